The van der Waals surface area contributed by atoms with Crippen molar-refractivity contribution in [3.05, 3.63) is 48.3 Å². The van der Waals surface area contributed by atoms with Gasteiger partial charge >= 0.3 is 6.09 Å². The fraction of sp³-hybridized carbons (Fsp3) is 0.455. The van der Waals surface area contributed by atoms with Crippen LogP contribution >= 0.6 is 0 Å². The van der Waals surface area contributed by atoms with Crippen molar-refractivity contribution in [2.24, 2.45) is 0 Å². The molecule has 2 heterocycles. The smallest absolute Gasteiger partial charge is 0.409 e. The van der Waals surface area contributed by atoms with E-state index in [0.717, 1.165) is 5.69 Å². The summed E-state index contributed by atoms with van der Waals surface area (Å²) in [5.41, 5.74) is 1.22. The fourth-order valence-electron chi connectivity index (χ4n) is 3.43. The molecule has 0 atom stereocenters. The van der Waals surface area contributed by atoms with E-state index in [4.69, 9.17) is 4.74 Å². The number of nitrogens with zero attached hydrogens (tertiary/aromatic N) is 3. The summed E-state index contributed by atoms with van der Waals surface area (Å²) >= 11 is 0. The first kappa shape index (κ1) is 22.3. The van der Waals surface area contributed by atoms with Gasteiger partial charge in [0.1, 0.15) is 0 Å². The predicted molar refractivity (Wildman–Crippen MR) is 115 cm³/mol. The summed E-state index contributed by atoms with van der Waals surface area (Å²) in [6, 6.07) is 11.3. The van der Waals surface area contributed by atoms with E-state index < -0.39 is 0 Å². The van der Waals surface area contributed by atoms with Crippen LogP contribution in [0.25, 0.3) is 5.69 Å². The van der Waals surface area contributed by atoms with Crippen LogP contribution in [0.5, 0.6) is 0 Å². The van der Waals surface area contributed by atoms with Crippen LogP contribution in [0.15, 0.2) is 42.6 Å². The first-order valence-corrected chi connectivity index (χ1v) is 10.7. The van der Waals surface area contributed by atoms with Crippen LogP contribution < -0.4 is 10.6 Å². The van der Waals surface area contributed by atoms with Crippen molar-refractivity contribution in [1.29, 1.82) is 0 Å². The molecular formula is C22H29N5O4. The van der Waals surface area contributed by atoms with Crippen LogP contribution in [0.2, 0.25) is 0 Å². The molecule has 166 valence electrons. The quantitative estimate of drug-likeness (QED) is 0.628. The molecule has 2 N–H and O–H groups in total. The molecule has 0 radical (unpaired) electrons. The van der Waals surface area contributed by atoms with Gasteiger partial charge < -0.3 is 20.3 Å². The standard InChI is InChI=1S/C22H29N5O4/c1-2-31-22(30)26-14-10-17(11-15-26)24-20(28)9-6-13-23-21(29)19-12-16-27(25-19)18-7-4-3-5-8-18/h3-5,7-8,12,16-17H,2,6,9-11,13-15H2,1H3,(H,23,29)(H,24,28). The van der Waals surface area contributed by atoms with Crippen molar-refractivity contribution >= 4 is 17.9 Å². The van der Waals surface area contributed by atoms with Gasteiger partial charge in [-0.25, -0.2) is 9.48 Å². The van der Waals surface area contributed by atoms with E-state index in [-0.39, 0.29) is 23.9 Å². The molecule has 3 rings (SSSR count). The first-order valence-electron chi connectivity index (χ1n) is 10.7. The van der Waals surface area contributed by atoms with Crippen molar-refractivity contribution in [2.75, 3.05) is 26.2 Å². The summed E-state index contributed by atoms with van der Waals surface area (Å²) < 4.78 is 6.65. The minimum Gasteiger partial charge on any atom is -0.450 e. The Hall–Kier alpha value is -3.36. The third kappa shape index (κ3) is 6.56. The molecule has 9 heteroatoms. The van der Waals surface area contributed by atoms with Crippen LogP contribution in [0.4, 0.5) is 4.79 Å². The predicted octanol–water partition coefficient (Wildman–Crippen LogP) is 2.12. The second-order valence-corrected chi connectivity index (χ2v) is 7.37. The number of hydrogen-bond acceptors (Lipinski definition) is 5. The van der Waals surface area contributed by atoms with Gasteiger partial charge in [-0.1, -0.05) is 18.2 Å². The molecule has 2 aromatic rings. The van der Waals surface area contributed by atoms with Gasteiger partial charge in [-0.2, -0.15) is 5.10 Å². The number of ether oxygens (including phenoxy) is 1. The van der Waals surface area contributed by atoms with Gasteiger partial charge in [-0.15, -0.1) is 0 Å². The monoisotopic (exact) mass is 427 g/mol. The normalized spacial score (nSPS) is 14.2. The second-order valence-electron chi connectivity index (χ2n) is 7.37. The number of carbonyl (C=O) groups excluding carboxylic acids is 3. The number of piperidine rings is 1. The number of benzene rings is 1. The topological polar surface area (TPSA) is 106 Å². The molecule has 9 nitrogen and oxygen atoms in total. The Morgan fingerprint density at radius 2 is 1.87 bits per heavy atom. The Morgan fingerprint density at radius 3 is 2.58 bits per heavy atom. The van der Waals surface area contributed by atoms with Crippen LogP contribution in [0, 0.1) is 0 Å². The van der Waals surface area contributed by atoms with Crippen molar-refractivity contribution in [3.8, 4) is 5.69 Å². The van der Waals surface area contributed by atoms with Crippen molar-refractivity contribution in [3.63, 3.8) is 0 Å². The molecule has 0 spiro atoms. The minimum absolute atomic E-state index is 0.0443. The zero-order valence-electron chi connectivity index (χ0n) is 17.8. The number of hydrogen-bond donors (Lipinski definition) is 2. The van der Waals surface area contributed by atoms with Gasteiger partial charge in [0.05, 0.1) is 12.3 Å². The van der Waals surface area contributed by atoms with Crippen molar-refractivity contribution in [1.82, 2.24) is 25.3 Å². The van der Waals surface area contributed by atoms with Crippen LogP contribution in [-0.4, -0.2) is 64.9 Å². The second kappa shape index (κ2) is 11.1. The maximum atomic E-state index is 12.3. The fourth-order valence-corrected chi connectivity index (χ4v) is 3.43. The Kier molecular flexibility index (Phi) is 8.03. The summed E-state index contributed by atoms with van der Waals surface area (Å²) in [5.74, 6) is -0.307. The highest BCUT2D eigenvalue weighted by molar-refractivity contribution is 5.92. The minimum atomic E-state index is -0.295. The third-order valence-electron chi connectivity index (χ3n) is 5.09. The van der Waals surface area contributed by atoms with Gasteiger partial charge in [0.2, 0.25) is 5.91 Å². The van der Waals surface area contributed by atoms with E-state index in [9.17, 15) is 14.4 Å². The molecule has 31 heavy (non-hydrogen) atoms. The Balaban J connectivity index is 1.32. The summed E-state index contributed by atoms with van der Waals surface area (Å²) in [4.78, 5) is 37.8. The van der Waals surface area contributed by atoms with Gasteiger partial charge in [0.15, 0.2) is 5.69 Å². The van der Waals surface area contributed by atoms with Crippen LogP contribution in [0.3, 0.4) is 0 Å². The lowest BCUT2D eigenvalue weighted by Crippen LogP contribution is -2.46. The van der Waals surface area contributed by atoms with Crippen molar-refractivity contribution < 1.29 is 19.1 Å². The average Bonchev–Trinajstić information content (AvgIpc) is 3.28. The number of amides is 3. The number of likely N-dealkylation sites (tertiary alicyclic amines) is 1. The molecule has 3 amide bonds. The molecule has 0 bridgehead atoms. The summed E-state index contributed by atoms with van der Waals surface area (Å²) in [6.45, 7) is 3.70. The lowest BCUT2D eigenvalue weighted by atomic mass is 10.1. The van der Waals surface area contributed by atoms with Gasteiger partial charge in [0.25, 0.3) is 5.91 Å². The van der Waals surface area contributed by atoms with E-state index in [2.05, 4.69) is 15.7 Å². The number of para-hydroxylation sites is 1. The molecule has 1 saturated heterocycles. The Bertz CT molecular complexity index is 875. The summed E-state index contributed by atoms with van der Waals surface area (Å²) in [7, 11) is 0. The van der Waals surface area contributed by atoms with Crippen LogP contribution in [-0.2, 0) is 9.53 Å². The molecule has 1 fully saturated rings. The molecule has 1 aliphatic rings. The van der Waals surface area contributed by atoms with Gasteiger partial charge in [0, 0.05) is 38.3 Å². The third-order valence-corrected chi connectivity index (χ3v) is 5.09. The van der Waals surface area contributed by atoms with E-state index in [1.165, 1.54) is 0 Å². The van der Waals surface area contributed by atoms with Gasteiger partial charge in [-0.05, 0) is 44.4 Å². The maximum Gasteiger partial charge on any atom is 0.409 e. The first-order chi connectivity index (χ1) is 15.1. The van der Waals surface area contributed by atoms with E-state index in [1.807, 2.05) is 30.3 Å². The summed E-state index contributed by atoms with van der Waals surface area (Å²) in [5, 5.41) is 10.1. The zero-order valence-corrected chi connectivity index (χ0v) is 17.8. The largest absolute Gasteiger partial charge is 0.450 e. The number of rotatable bonds is 8. The Morgan fingerprint density at radius 1 is 1.13 bits per heavy atom. The lowest BCUT2D eigenvalue weighted by molar-refractivity contribution is -0.122. The highest BCUT2D eigenvalue weighted by Gasteiger charge is 2.24. The van der Waals surface area contributed by atoms with E-state index in [1.54, 1.807) is 28.8 Å². The van der Waals surface area contributed by atoms with E-state index >= 15 is 0 Å². The van der Waals surface area contributed by atoms with Crippen LogP contribution in [0.1, 0.15) is 43.1 Å². The zero-order chi connectivity index (χ0) is 22.1. The number of carbonyl (C=O) groups is 3. The molecular weight excluding hydrogens is 398 g/mol. The number of nitrogens with one attached hydrogen (secondary N) is 2. The number of aromatic nitrogens is 2. The van der Waals surface area contributed by atoms with Gasteiger partial charge in [-0.3, -0.25) is 9.59 Å². The Labute approximate surface area is 181 Å². The molecule has 0 aliphatic carbocycles. The average molecular weight is 428 g/mol. The molecule has 1 aromatic heterocycles. The molecule has 0 saturated carbocycles. The highest BCUT2D eigenvalue weighted by atomic mass is 16.6. The molecule has 1 aliphatic heterocycles. The highest BCUT2D eigenvalue weighted by Crippen LogP contribution is 2.12. The molecule has 0 unspecified atom stereocenters. The SMILES string of the molecule is CCOC(=O)N1CCC(NC(=O)CCCNC(=O)c2ccn(-c3ccccc3)n2)CC1. The lowest BCUT2D eigenvalue weighted by Gasteiger charge is -2.31. The maximum absolute atomic E-state index is 12.3. The van der Waals surface area contributed by atoms with E-state index in [0.29, 0.717) is 57.6 Å². The summed E-state index contributed by atoms with van der Waals surface area (Å²) in [6.07, 6.45) is 3.74. The van der Waals surface area contributed by atoms with Crippen molar-refractivity contribution in [2.45, 2.75) is 38.6 Å². The molecule has 1 aromatic carbocycles.